The number of hydrogen-bond acceptors (Lipinski definition) is 4. The normalized spacial score (nSPS) is 29.5. The molecule has 0 aliphatic carbocycles. The number of amides is 1. The molecule has 0 saturated carbocycles. The van der Waals surface area contributed by atoms with Gasteiger partial charge in [-0.15, -0.1) is 0 Å². The van der Waals surface area contributed by atoms with E-state index in [1.165, 1.54) is 19.4 Å². The van der Waals surface area contributed by atoms with Gasteiger partial charge in [-0.2, -0.15) is 0 Å². The van der Waals surface area contributed by atoms with E-state index in [0.29, 0.717) is 5.91 Å². The molecular formula is C16H29N3O2. The van der Waals surface area contributed by atoms with Crippen LogP contribution in [0, 0.1) is 11.8 Å². The second-order valence-electron chi connectivity index (χ2n) is 6.72. The van der Waals surface area contributed by atoms with E-state index in [-0.39, 0.29) is 5.92 Å². The van der Waals surface area contributed by atoms with Crippen LogP contribution in [0.3, 0.4) is 0 Å². The minimum atomic E-state index is 0.231. The number of hydrogen-bond donors (Lipinski definition) is 1. The number of carbonyl (C=O) groups excluding carboxylic acids is 1. The Labute approximate surface area is 128 Å². The van der Waals surface area contributed by atoms with Crippen LogP contribution >= 0.6 is 0 Å². The van der Waals surface area contributed by atoms with Crippen LogP contribution in [0.25, 0.3) is 0 Å². The van der Waals surface area contributed by atoms with Crippen molar-refractivity contribution in [2.45, 2.75) is 25.7 Å². The number of piperidine rings is 2. The van der Waals surface area contributed by atoms with Gasteiger partial charge in [-0.3, -0.25) is 9.69 Å². The van der Waals surface area contributed by atoms with Gasteiger partial charge in [0.2, 0.25) is 5.91 Å². The largest absolute Gasteiger partial charge is 0.379 e. The SMILES string of the molecule is O=C(C1CCCNC1)N1CCC(CN2CCOCC2)CC1. The lowest BCUT2D eigenvalue weighted by atomic mass is 9.93. The highest BCUT2D eigenvalue weighted by Gasteiger charge is 2.29. The number of nitrogens with zero attached hydrogens (tertiary/aromatic N) is 2. The summed E-state index contributed by atoms with van der Waals surface area (Å²) in [6.07, 6.45) is 4.55. The molecule has 0 radical (unpaired) electrons. The number of rotatable bonds is 3. The summed E-state index contributed by atoms with van der Waals surface area (Å²) in [5.74, 6) is 1.39. The van der Waals surface area contributed by atoms with Crippen LogP contribution in [0.2, 0.25) is 0 Å². The van der Waals surface area contributed by atoms with Crippen molar-refractivity contribution < 1.29 is 9.53 Å². The van der Waals surface area contributed by atoms with Gasteiger partial charge in [-0.05, 0) is 38.1 Å². The standard InChI is InChI=1S/C16H29N3O2/c20-16(15-2-1-5-17-12-15)19-6-3-14(4-7-19)13-18-8-10-21-11-9-18/h14-15,17H,1-13H2. The summed E-state index contributed by atoms with van der Waals surface area (Å²) in [5.41, 5.74) is 0. The molecule has 0 spiro atoms. The van der Waals surface area contributed by atoms with Crippen molar-refractivity contribution in [2.24, 2.45) is 11.8 Å². The predicted molar refractivity (Wildman–Crippen MR) is 82.2 cm³/mol. The minimum absolute atomic E-state index is 0.231. The van der Waals surface area contributed by atoms with Crippen molar-refractivity contribution in [1.82, 2.24) is 15.1 Å². The molecular weight excluding hydrogens is 266 g/mol. The van der Waals surface area contributed by atoms with Crippen LogP contribution in [-0.2, 0) is 9.53 Å². The lowest BCUT2D eigenvalue weighted by Crippen LogP contribution is -2.48. The molecule has 1 N–H and O–H groups in total. The molecule has 0 aromatic carbocycles. The van der Waals surface area contributed by atoms with Crippen LogP contribution in [0.15, 0.2) is 0 Å². The Morgan fingerprint density at radius 1 is 1.10 bits per heavy atom. The van der Waals surface area contributed by atoms with Gasteiger partial charge < -0.3 is 15.0 Å². The first kappa shape index (κ1) is 15.3. The van der Waals surface area contributed by atoms with E-state index in [2.05, 4.69) is 15.1 Å². The highest BCUT2D eigenvalue weighted by Crippen LogP contribution is 2.22. The van der Waals surface area contributed by atoms with E-state index in [0.717, 1.165) is 71.2 Å². The van der Waals surface area contributed by atoms with Crippen molar-refractivity contribution in [1.29, 1.82) is 0 Å². The van der Waals surface area contributed by atoms with Crippen molar-refractivity contribution in [3.05, 3.63) is 0 Å². The monoisotopic (exact) mass is 295 g/mol. The van der Waals surface area contributed by atoms with Crippen LogP contribution in [0.5, 0.6) is 0 Å². The molecule has 1 unspecified atom stereocenters. The Balaban J connectivity index is 1.40. The summed E-state index contributed by atoms with van der Waals surface area (Å²) in [4.78, 5) is 17.2. The summed E-state index contributed by atoms with van der Waals surface area (Å²) >= 11 is 0. The predicted octanol–water partition coefficient (Wildman–Crippen LogP) is 0.557. The molecule has 120 valence electrons. The number of ether oxygens (including phenoxy) is 1. The second kappa shape index (κ2) is 7.56. The molecule has 5 nitrogen and oxygen atoms in total. The maximum absolute atomic E-state index is 12.5. The average molecular weight is 295 g/mol. The molecule has 0 bridgehead atoms. The first-order valence-electron chi connectivity index (χ1n) is 8.62. The number of nitrogens with one attached hydrogen (secondary N) is 1. The zero-order chi connectivity index (χ0) is 14.5. The highest BCUT2D eigenvalue weighted by molar-refractivity contribution is 5.79. The molecule has 3 heterocycles. The maximum Gasteiger partial charge on any atom is 0.226 e. The van der Waals surface area contributed by atoms with E-state index in [9.17, 15) is 4.79 Å². The summed E-state index contributed by atoms with van der Waals surface area (Å²) in [6, 6.07) is 0. The van der Waals surface area contributed by atoms with Crippen LogP contribution in [-0.4, -0.2) is 74.7 Å². The molecule has 3 aliphatic rings. The van der Waals surface area contributed by atoms with Gasteiger partial charge in [0.15, 0.2) is 0 Å². The van der Waals surface area contributed by atoms with Gasteiger partial charge in [0.25, 0.3) is 0 Å². The molecule has 21 heavy (non-hydrogen) atoms. The van der Waals surface area contributed by atoms with E-state index >= 15 is 0 Å². The Kier molecular flexibility index (Phi) is 5.49. The fourth-order valence-corrected chi connectivity index (χ4v) is 3.81. The molecule has 1 atom stereocenters. The van der Waals surface area contributed by atoms with E-state index in [4.69, 9.17) is 4.74 Å². The van der Waals surface area contributed by atoms with Crippen molar-refractivity contribution in [2.75, 3.05) is 59.0 Å². The molecule has 0 aromatic rings. The van der Waals surface area contributed by atoms with Crippen molar-refractivity contribution in [3.63, 3.8) is 0 Å². The van der Waals surface area contributed by atoms with Gasteiger partial charge in [0.05, 0.1) is 19.1 Å². The van der Waals surface area contributed by atoms with Gasteiger partial charge in [0, 0.05) is 39.3 Å². The third-order valence-electron chi connectivity index (χ3n) is 5.19. The summed E-state index contributed by atoms with van der Waals surface area (Å²) in [7, 11) is 0. The quantitative estimate of drug-likeness (QED) is 0.826. The number of carbonyl (C=O) groups is 1. The van der Waals surface area contributed by atoms with Crippen LogP contribution in [0.1, 0.15) is 25.7 Å². The molecule has 3 aliphatic heterocycles. The summed E-state index contributed by atoms with van der Waals surface area (Å²) < 4.78 is 5.40. The first-order chi connectivity index (χ1) is 10.3. The molecule has 1 amide bonds. The van der Waals surface area contributed by atoms with Gasteiger partial charge in [0.1, 0.15) is 0 Å². The maximum atomic E-state index is 12.5. The summed E-state index contributed by atoms with van der Waals surface area (Å²) in [5, 5.41) is 3.35. The lowest BCUT2D eigenvalue weighted by molar-refractivity contribution is -0.137. The van der Waals surface area contributed by atoms with E-state index < -0.39 is 0 Å². The fourth-order valence-electron chi connectivity index (χ4n) is 3.81. The molecule has 3 saturated heterocycles. The minimum Gasteiger partial charge on any atom is -0.379 e. The van der Waals surface area contributed by atoms with Crippen molar-refractivity contribution >= 4 is 5.91 Å². The first-order valence-corrected chi connectivity index (χ1v) is 8.62. The third kappa shape index (κ3) is 4.18. The fraction of sp³-hybridized carbons (Fsp3) is 0.938. The van der Waals surface area contributed by atoms with E-state index in [1.54, 1.807) is 0 Å². The Hall–Kier alpha value is -0.650. The molecule has 5 heteroatoms. The Bertz CT molecular complexity index is 330. The zero-order valence-electron chi connectivity index (χ0n) is 13.1. The Morgan fingerprint density at radius 2 is 1.86 bits per heavy atom. The second-order valence-corrected chi connectivity index (χ2v) is 6.72. The number of likely N-dealkylation sites (tertiary alicyclic amines) is 1. The summed E-state index contributed by atoms with van der Waals surface area (Å²) in [6.45, 7) is 8.99. The lowest BCUT2D eigenvalue weighted by Gasteiger charge is -2.37. The third-order valence-corrected chi connectivity index (χ3v) is 5.19. The molecule has 3 fully saturated rings. The highest BCUT2D eigenvalue weighted by atomic mass is 16.5. The van der Waals surface area contributed by atoms with Gasteiger partial charge in [-0.25, -0.2) is 0 Å². The van der Waals surface area contributed by atoms with Gasteiger partial charge in [-0.1, -0.05) is 0 Å². The van der Waals surface area contributed by atoms with Crippen LogP contribution < -0.4 is 5.32 Å². The topological polar surface area (TPSA) is 44.8 Å². The van der Waals surface area contributed by atoms with Crippen molar-refractivity contribution in [3.8, 4) is 0 Å². The zero-order valence-corrected chi connectivity index (χ0v) is 13.1. The van der Waals surface area contributed by atoms with Crippen LogP contribution in [0.4, 0.5) is 0 Å². The smallest absolute Gasteiger partial charge is 0.226 e. The molecule has 0 aromatic heterocycles. The van der Waals surface area contributed by atoms with Gasteiger partial charge >= 0.3 is 0 Å². The average Bonchev–Trinajstić information content (AvgIpc) is 2.57. The molecule has 3 rings (SSSR count). The Morgan fingerprint density at radius 3 is 2.52 bits per heavy atom. The number of morpholine rings is 1. The van der Waals surface area contributed by atoms with E-state index in [1.807, 2.05) is 0 Å².